The molecular weight excluding hydrogens is 1500 g/mol. The van der Waals surface area contributed by atoms with Gasteiger partial charge < -0.3 is 62.7 Å². The summed E-state index contributed by atoms with van der Waals surface area (Å²) >= 11 is 13.3. The van der Waals surface area contributed by atoms with Crippen LogP contribution in [0.4, 0.5) is 0 Å². The van der Waals surface area contributed by atoms with Gasteiger partial charge in [0.1, 0.15) is 16.2 Å². The average Bonchev–Trinajstić information content (AvgIpc) is 1.59. The predicted octanol–water partition coefficient (Wildman–Crippen LogP) is 7.35. The van der Waals surface area contributed by atoms with Crippen molar-refractivity contribution in [1.82, 2.24) is 0 Å². The van der Waals surface area contributed by atoms with E-state index in [0.717, 1.165) is 16.7 Å². The summed E-state index contributed by atoms with van der Waals surface area (Å²) in [4.78, 5) is 0. The second-order valence-corrected chi connectivity index (χ2v) is 54.5. The molecule has 4 fully saturated rings. The number of benzene rings is 11. The van der Waals surface area contributed by atoms with Crippen LogP contribution in [0.25, 0.3) is 12.2 Å². The molecular formula is C73H68Cl2O15Si11. The highest BCUT2D eigenvalue weighted by Crippen LogP contribution is 2.42. The van der Waals surface area contributed by atoms with Crippen LogP contribution in [-0.4, -0.2) is 112 Å². The van der Waals surface area contributed by atoms with Gasteiger partial charge in [0.25, 0.3) is 0 Å². The number of fused-ring (bicyclic) bond motifs is 6. The molecule has 4 aliphatic heterocycles. The van der Waals surface area contributed by atoms with Gasteiger partial charge in [-0.3, -0.25) is 0 Å². The maximum absolute atomic E-state index is 8.90. The standard InChI is InChI=1S/C73H68Cl2O15Si11/c1-59-38-50-67(51-39-59)95(57-55-61-42-46-63(75)47-43-61)84-99(71-32-18-7-19-33-71)82-93(65-24-10-3-11-25-65)81-96(68-26-12-4-13-27-68)77-58-92-79-94(66-52-48-64(76-2)49-53-66,56-54-60-40-44-62(74)45-41-60)83-97(78-91,69-28-14-5-15-29-69)87-101(90-99,73-36-22-9-23-37-73)89-98(80-92,70-30-16-6-17-31-70)88-100(85-95,86-96)72-34-20-8-21-35-72/h3-57,92-93H,58H2,1-2,91H3/b56-54+,57-55+. The van der Waals surface area contributed by atoms with E-state index < -0.39 is 88.5 Å². The van der Waals surface area contributed by atoms with Gasteiger partial charge in [0, 0.05) is 41.2 Å². The first-order chi connectivity index (χ1) is 49.3. The summed E-state index contributed by atoms with van der Waals surface area (Å²) in [7, 11) is -46.6. The van der Waals surface area contributed by atoms with Crippen LogP contribution < -0.4 is 51.4 Å². The van der Waals surface area contributed by atoms with Gasteiger partial charge in [-0.2, -0.15) is 0 Å². The van der Waals surface area contributed by atoms with Crippen LogP contribution >= 0.6 is 23.2 Å². The number of hydrogen-bond donors (Lipinski definition) is 0. The van der Waals surface area contributed by atoms with Gasteiger partial charge in [0.05, 0.1) is 13.3 Å². The van der Waals surface area contributed by atoms with Gasteiger partial charge in [-0.25, -0.2) is 0 Å². The van der Waals surface area contributed by atoms with Crippen molar-refractivity contribution in [2.24, 2.45) is 0 Å². The molecule has 10 atom stereocenters. The molecule has 10 unspecified atom stereocenters. The van der Waals surface area contributed by atoms with Crippen LogP contribution in [0, 0.1) is 6.92 Å². The van der Waals surface area contributed by atoms with E-state index in [9.17, 15) is 0 Å². The molecule has 4 heterocycles. The van der Waals surface area contributed by atoms with Gasteiger partial charge >= 0.3 is 88.5 Å². The SMILES string of the molecule is COc1ccc([Si]2(/C=C/c3ccc(Cl)cc3)O[SiH]3CO[Si]4(c5ccccc5)O[SiH](c5ccccc5)O[Si]5(c6ccccc6)O[Si](/C=C/c6ccc(Cl)cc6)(c6ccc(C)cc6)O[Si](c6ccccc6)(O4)O[Si](c4ccccc4)(O3)O[Si](c3ccccc3)(O[Si](O[SiH3])(c3ccccc3)O2)O5)cc1. The van der Waals surface area contributed by atoms with Crippen LogP contribution in [0.2, 0.25) is 10.0 Å². The maximum Gasteiger partial charge on any atom is 0.521 e. The van der Waals surface area contributed by atoms with Gasteiger partial charge in [-0.05, 0) is 81.4 Å². The van der Waals surface area contributed by atoms with Crippen molar-refractivity contribution in [3.05, 3.63) is 348 Å². The topological polar surface area (TPSA) is 138 Å². The summed E-state index contributed by atoms with van der Waals surface area (Å²) in [6.45, 7) is 2.04. The van der Waals surface area contributed by atoms with Crippen molar-refractivity contribution in [2.45, 2.75) is 6.92 Å². The van der Waals surface area contributed by atoms with E-state index in [2.05, 4.69) is 0 Å². The highest BCUT2D eigenvalue weighted by Gasteiger charge is 2.76. The Morgan fingerprint density at radius 1 is 0.356 bits per heavy atom. The molecule has 0 saturated carbocycles. The summed E-state index contributed by atoms with van der Waals surface area (Å²) in [6, 6.07) is 99.2. The Kier molecular flexibility index (Phi) is 20.5. The van der Waals surface area contributed by atoms with Crippen molar-refractivity contribution < 1.29 is 62.7 Å². The Bertz CT molecular complexity index is 4680. The lowest BCUT2D eigenvalue weighted by Crippen LogP contribution is -2.86. The van der Waals surface area contributed by atoms with Crippen LogP contribution in [-0.2, 0) is 57.9 Å². The molecule has 0 N–H and O–H groups in total. The minimum atomic E-state index is -5.44. The second kappa shape index (κ2) is 29.7. The molecule has 4 aliphatic rings. The highest BCUT2D eigenvalue weighted by atomic mass is 35.5. The Balaban J connectivity index is 1.18. The molecule has 15 nitrogen and oxygen atoms in total. The fourth-order valence-electron chi connectivity index (χ4n) is 12.4. The minimum Gasteiger partial charge on any atom is -0.497 e. The van der Waals surface area contributed by atoms with Crippen molar-refractivity contribution in [1.29, 1.82) is 0 Å². The predicted molar refractivity (Wildman–Crippen MR) is 417 cm³/mol. The third-order valence-electron chi connectivity index (χ3n) is 17.5. The number of rotatable bonds is 15. The summed E-state index contributed by atoms with van der Waals surface area (Å²) in [5.41, 5.74) is 6.57. The van der Waals surface area contributed by atoms with Gasteiger partial charge in [-0.15, -0.1) is 0 Å². The van der Waals surface area contributed by atoms with Gasteiger partial charge in [0.2, 0.25) is 0 Å². The first-order valence-corrected chi connectivity index (χ1v) is 51.8. The normalized spacial score (nSPS) is 28.4. The first-order valence-electron chi connectivity index (χ1n) is 32.8. The number of methoxy groups -OCH3 is 1. The zero-order chi connectivity index (χ0) is 69.0. The van der Waals surface area contributed by atoms with Gasteiger partial charge in [0.15, 0.2) is 0 Å². The summed E-state index contributed by atoms with van der Waals surface area (Å²) in [5.74, 6) is 0.595. The van der Waals surface area contributed by atoms with E-state index in [1.807, 2.05) is 340 Å². The number of halogens is 2. The second-order valence-electron chi connectivity index (χ2n) is 24.2. The monoisotopic (exact) mass is 1560 g/mol. The molecule has 508 valence electrons. The number of ether oxygens (including phenoxy) is 1. The van der Waals surface area contributed by atoms with Crippen LogP contribution in [0.5, 0.6) is 5.75 Å². The van der Waals surface area contributed by atoms with Crippen molar-refractivity contribution in [3.63, 3.8) is 0 Å². The molecule has 0 aromatic heterocycles. The van der Waals surface area contributed by atoms with Crippen molar-refractivity contribution in [3.8, 4) is 5.75 Å². The molecule has 15 rings (SSSR count). The fourth-order valence-corrected chi connectivity index (χ4v) is 64.5. The van der Waals surface area contributed by atoms with Crippen molar-refractivity contribution >= 4 is 181 Å². The Morgan fingerprint density at radius 3 is 1.21 bits per heavy atom. The summed E-state index contributed by atoms with van der Waals surface area (Å²) in [5, 5.41) is 6.13. The molecule has 101 heavy (non-hydrogen) atoms. The lowest BCUT2D eigenvalue weighted by Gasteiger charge is -2.54. The molecule has 28 heteroatoms. The molecule has 0 radical (unpaired) electrons. The zero-order valence-corrected chi connectivity index (χ0v) is 68.8. The quantitative estimate of drug-likeness (QED) is 0.0946. The molecule has 11 aromatic carbocycles. The third kappa shape index (κ3) is 14.3. The maximum atomic E-state index is 8.90. The molecule has 0 aliphatic carbocycles. The summed E-state index contributed by atoms with van der Waals surface area (Å²) < 4.78 is 125. The van der Waals surface area contributed by atoms with E-state index in [-0.39, 0.29) is 16.7 Å². The highest BCUT2D eigenvalue weighted by molar-refractivity contribution is 7.10. The first kappa shape index (κ1) is 69.8. The Labute approximate surface area is 612 Å². The Hall–Kier alpha value is -6.89. The lowest BCUT2D eigenvalue weighted by atomic mass is 10.2. The van der Waals surface area contributed by atoms with E-state index in [0.29, 0.717) is 62.5 Å². The Morgan fingerprint density at radius 2 is 0.733 bits per heavy atom. The smallest absolute Gasteiger partial charge is 0.497 e. The summed E-state index contributed by atoms with van der Waals surface area (Å²) in [6.07, 6.45) is 3.69. The number of hydrogen-bond acceptors (Lipinski definition) is 15. The largest absolute Gasteiger partial charge is 0.521 e. The lowest BCUT2D eigenvalue weighted by molar-refractivity contribution is 0.0926. The van der Waals surface area contributed by atoms with Gasteiger partial charge in [-0.1, -0.05) is 314 Å². The average molecular weight is 1570 g/mol. The number of aryl methyl sites for hydroxylation is 1. The van der Waals surface area contributed by atoms with E-state index in [1.165, 1.54) is 0 Å². The molecule has 6 bridgehead atoms. The third-order valence-corrected chi connectivity index (χ3v) is 58.7. The van der Waals surface area contributed by atoms with Crippen LogP contribution in [0.1, 0.15) is 16.7 Å². The van der Waals surface area contributed by atoms with Crippen LogP contribution in [0.3, 0.4) is 0 Å². The minimum absolute atomic E-state index is 0.0164. The molecule has 11 aromatic rings. The van der Waals surface area contributed by atoms with Crippen molar-refractivity contribution in [2.75, 3.05) is 13.3 Å². The van der Waals surface area contributed by atoms with Crippen LogP contribution in [0.15, 0.2) is 321 Å². The molecule has 0 amide bonds. The molecule has 0 spiro atoms. The van der Waals surface area contributed by atoms with E-state index in [4.69, 9.17) is 85.9 Å². The fraction of sp³-hybridized carbons (Fsp3) is 0.0411. The zero-order valence-electron chi connectivity index (χ0n) is 55.0. The molecule has 4 saturated heterocycles. The van der Waals surface area contributed by atoms with E-state index >= 15 is 0 Å². The van der Waals surface area contributed by atoms with E-state index in [1.54, 1.807) is 7.11 Å².